The highest BCUT2D eigenvalue weighted by Gasteiger charge is 2.28. The van der Waals surface area contributed by atoms with Crippen LogP contribution >= 0.6 is 0 Å². The molecule has 104 valence electrons. The summed E-state index contributed by atoms with van der Waals surface area (Å²) in [5.74, 6) is 1.68. The molecule has 0 amide bonds. The van der Waals surface area contributed by atoms with E-state index in [2.05, 4.69) is 15.1 Å². The molecule has 1 aromatic carbocycles. The summed E-state index contributed by atoms with van der Waals surface area (Å²) in [5.41, 5.74) is 8.00. The second-order valence-electron chi connectivity index (χ2n) is 4.82. The van der Waals surface area contributed by atoms with Crippen molar-refractivity contribution in [1.82, 2.24) is 15.1 Å². The maximum Gasteiger partial charge on any atom is 0.278 e. The van der Waals surface area contributed by atoms with Gasteiger partial charge < -0.3 is 15.0 Å². The van der Waals surface area contributed by atoms with Crippen LogP contribution in [0.2, 0.25) is 0 Å². The zero-order valence-corrected chi connectivity index (χ0v) is 11.1. The predicted octanol–water partition coefficient (Wildman–Crippen LogP) is 2.39. The van der Waals surface area contributed by atoms with Gasteiger partial charge in [-0.05, 0) is 23.8 Å². The Morgan fingerprint density at radius 1 is 1.14 bits per heavy atom. The summed E-state index contributed by atoms with van der Waals surface area (Å²) in [4.78, 5) is 8.53. The van der Waals surface area contributed by atoms with Gasteiger partial charge in [0, 0.05) is 12.6 Å². The van der Waals surface area contributed by atoms with Gasteiger partial charge in [0.1, 0.15) is 5.75 Å². The second-order valence-corrected chi connectivity index (χ2v) is 4.82. The molecule has 6 heteroatoms. The summed E-state index contributed by atoms with van der Waals surface area (Å²) in [6.07, 6.45) is 2.13. The standard InChI is InChI=1S/C15H12N4O2/c16-10-5-3-7-17-13(10)15-18-14(19-21-15)12-8-9-4-1-2-6-11(9)20-12/h1-7,12H,8,16H2. The zero-order valence-electron chi connectivity index (χ0n) is 11.1. The lowest BCUT2D eigenvalue weighted by Gasteiger charge is -2.04. The maximum atomic E-state index is 5.86. The molecule has 3 aromatic rings. The molecule has 1 unspecified atom stereocenters. The predicted molar refractivity (Wildman–Crippen MR) is 75.5 cm³/mol. The van der Waals surface area contributed by atoms with E-state index in [-0.39, 0.29) is 6.10 Å². The highest BCUT2D eigenvalue weighted by molar-refractivity contribution is 5.65. The van der Waals surface area contributed by atoms with E-state index in [9.17, 15) is 0 Å². The van der Waals surface area contributed by atoms with Crippen LogP contribution in [0.4, 0.5) is 5.69 Å². The van der Waals surface area contributed by atoms with Gasteiger partial charge in [0.15, 0.2) is 11.8 Å². The first kappa shape index (κ1) is 11.9. The van der Waals surface area contributed by atoms with E-state index in [4.69, 9.17) is 15.0 Å². The van der Waals surface area contributed by atoms with Crippen molar-refractivity contribution in [3.05, 3.63) is 54.0 Å². The summed E-state index contributed by atoms with van der Waals surface area (Å²) in [6, 6.07) is 11.4. The SMILES string of the molecule is Nc1cccnc1-c1nc(C2Cc3ccccc3O2)no1. The van der Waals surface area contributed by atoms with E-state index in [1.165, 1.54) is 0 Å². The van der Waals surface area contributed by atoms with Gasteiger partial charge in [-0.1, -0.05) is 23.4 Å². The molecule has 0 spiro atoms. The van der Waals surface area contributed by atoms with Crippen LogP contribution in [0.25, 0.3) is 11.6 Å². The number of benzene rings is 1. The van der Waals surface area contributed by atoms with Crippen LogP contribution in [-0.2, 0) is 6.42 Å². The normalized spacial score (nSPS) is 16.5. The number of anilines is 1. The van der Waals surface area contributed by atoms with E-state index < -0.39 is 0 Å². The van der Waals surface area contributed by atoms with Crippen molar-refractivity contribution in [3.8, 4) is 17.3 Å². The van der Waals surface area contributed by atoms with Crippen LogP contribution in [-0.4, -0.2) is 15.1 Å². The van der Waals surface area contributed by atoms with E-state index in [1.54, 1.807) is 18.3 Å². The van der Waals surface area contributed by atoms with Crippen LogP contribution in [0, 0.1) is 0 Å². The van der Waals surface area contributed by atoms with Crippen molar-refractivity contribution >= 4 is 5.69 Å². The van der Waals surface area contributed by atoms with Gasteiger partial charge >= 0.3 is 0 Å². The summed E-state index contributed by atoms with van der Waals surface area (Å²) >= 11 is 0. The number of pyridine rings is 1. The number of nitrogens with two attached hydrogens (primary N) is 1. The summed E-state index contributed by atoms with van der Waals surface area (Å²) in [7, 11) is 0. The van der Waals surface area contributed by atoms with Gasteiger partial charge in [-0.15, -0.1) is 0 Å². The lowest BCUT2D eigenvalue weighted by molar-refractivity contribution is 0.221. The molecule has 21 heavy (non-hydrogen) atoms. The number of aromatic nitrogens is 3. The molecular formula is C15H12N4O2. The van der Waals surface area contributed by atoms with E-state index in [1.807, 2.05) is 24.3 Å². The molecule has 1 aliphatic heterocycles. The van der Waals surface area contributed by atoms with Crippen molar-refractivity contribution in [1.29, 1.82) is 0 Å². The fourth-order valence-electron chi connectivity index (χ4n) is 2.38. The third-order valence-electron chi connectivity index (χ3n) is 3.42. The number of hydrogen-bond donors (Lipinski definition) is 1. The van der Waals surface area contributed by atoms with Crippen LogP contribution in [0.15, 0.2) is 47.1 Å². The summed E-state index contributed by atoms with van der Waals surface area (Å²) < 4.78 is 11.1. The molecule has 2 aromatic heterocycles. The Bertz CT molecular complexity index is 775. The summed E-state index contributed by atoms with van der Waals surface area (Å²) in [6.45, 7) is 0. The molecule has 6 nitrogen and oxygen atoms in total. The minimum absolute atomic E-state index is 0.232. The number of rotatable bonds is 2. The Balaban J connectivity index is 1.63. The number of hydrogen-bond acceptors (Lipinski definition) is 6. The molecular weight excluding hydrogens is 268 g/mol. The Kier molecular flexibility index (Phi) is 2.60. The number of nitrogens with zero attached hydrogens (tertiary/aromatic N) is 3. The van der Waals surface area contributed by atoms with Gasteiger partial charge in [-0.3, -0.25) is 0 Å². The molecule has 0 aliphatic carbocycles. The number of ether oxygens (including phenoxy) is 1. The lowest BCUT2D eigenvalue weighted by Crippen LogP contribution is -2.05. The topological polar surface area (TPSA) is 87.1 Å². The molecule has 0 bridgehead atoms. The molecule has 1 aliphatic rings. The quantitative estimate of drug-likeness (QED) is 0.775. The molecule has 0 radical (unpaired) electrons. The molecule has 0 saturated heterocycles. The minimum Gasteiger partial charge on any atom is -0.482 e. The minimum atomic E-state index is -0.232. The first-order chi connectivity index (χ1) is 10.3. The zero-order chi connectivity index (χ0) is 14.2. The highest BCUT2D eigenvalue weighted by atomic mass is 16.5. The molecule has 0 saturated carbocycles. The smallest absolute Gasteiger partial charge is 0.278 e. The molecule has 1 atom stereocenters. The van der Waals surface area contributed by atoms with Gasteiger partial charge in [0.05, 0.1) is 5.69 Å². The molecule has 3 heterocycles. The Hall–Kier alpha value is -2.89. The maximum absolute atomic E-state index is 5.86. The van der Waals surface area contributed by atoms with Gasteiger partial charge in [0.25, 0.3) is 5.89 Å². The van der Waals surface area contributed by atoms with Gasteiger partial charge in [-0.25, -0.2) is 4.98 Å². The molecule has 2 N–H and O–H groups in total. The fourth-order valence-corrected chi connectivity index (χ4v) is 2.38. The summed E-state index contributed by atoms with van der Waals surface area (Å²) in [5, 5.41) is 3.99. The first-order valence-corrected chi connectivity index (χ1v) is 6.60. The average Bonchev–Trinajstić information content (AvgIpc) is 3.14. The Morgan fingerprint density at radius 2 is 2.05 bits per heavy atom. The van der Waals surface area contributed by atoms with Crippen molar-refractivity contribution in [2.75, 3.05) is 5.73 Å². The Morgan fingerprint density at radius 3 is 2.90 bits per heavy atom. The van der Waals surface area contributed by atoms with Crippen molar-refractivity contribution in [2.45, 2.75) is 12.5 Å². The first-order valence-electron chi connectivity index (χ1n) is 6.60. The van der Waals surface area contributed by atoms with Gasteiger partial charge in [-0.2, -0.15) is 4.98 Å². The average molecular weight is 280 g/mol. The van der Waals surface area contributed by atoms with Crippen LogP contribution in [0.1, 0.15) is 17.5 Å². The van der Waals surface area contributed by atoms with Crippen molar-refractivity contribution < 1.29 is 9.26 Å². The monoisotopic (exact) mass is 280 g/mol. The Labute approximate surface area is 120 Å². The lowest BCUT2D eigenvalue weighted by atomic mass is 10.1. The third kappa shape index (κ3) is 2.01. The van der Waals surface area contributed by atoms with Crippen LogP contribution in [0.5, 0.6) is 5.75 Å². The second kappa shape index (κ2) is 4.59. The number of para-hydroxylation sites is 1. The number of fused-ring (bicyclic) bond motifs is 1. The molecule has 4 rings (SSSR count). The van der Waals surface area contributed by atoms with E-state index in [0.29, 0.717) is 23.1 Å². The third-order valence-corrected chi connectivity index (χ3v) is 3.42. The van der Waals surface area contributed by atoms with E-state index in [0.717, 1.165) is 17.7 Å². The van der Waals surface area contributed by atoms with E-state index >= 15 is 0 Å². The highest BCUT2D eigenvalue weighted by Crippen LogP contribution is 2.35. The number of nitrogen functional groups attached to an aromatic ring is 1. The van der Waals surface area contributed by atoms with Crippen LogP contribution < -0.4 is 10.5 Å². The van der Waals surface area contributed by atoms with Gasteiger partial charge in [0.2, 0.25) is 5.82 Å². The van der Waals surface area contributed by atoms with Crippen molar-refractivity contribution in [3.63, 3.8) is 0 Å². The van der Waals surface area contributed by atoms with Crippen LogP contribution in [0.3, 0.4) is 0 Å². The van der Waals surface area contributed by atoms with Crippen molar-refractivity contribution in [2.24, 2.45) is 0 Å². The fraction of sp³-hybridized carbons (Fsp3) is 0.133. The molecule has 0 fully saturated rings. The largest absolute Gasteiger partial charge is 0.482 e.